The van der Waals surface area contributed by atoms with Gasteiger partial charge in [0.1, 0.15) is 5.60 Å². The molecule has 15 heavy (non-hydrogen) atoms. The second-order valence-electron chi connectivity index (χ2n) is 4.49. The predicted molar refractivity (Wildman–Crippen MR) is 60.5 cm³/mol. The molecule has 0 aromatic carbocycles. The molecule has 0 aromatic rings. The number of hydrogen-bond acceptors (Lipinski definition) is 3. The van der Waals surface area contributed by atoms with Crippen LogP contribution in [0.4, 0.5) is 0 Å². The van der Waals surface area contributed by atoms with Gasteiger partial charge >= 0.3 is 0 Å². The van der Waals surface area contributed by atoms with Gasteiger partial charge in [-0.15, -0.1) is 0 Å². The van der Waals surface area contributed by atoms with Crippen LogP contribution in [0.2, 0.25) is 0 Å². The van der Waals surface area contributed by atoms with E-state index in [1.807, 2.05) is 13.8 Å². The van der Waals surface area contributed by atoms with Crippen molar-refractivity contribution in [2.45, 2.75) is 26.4 Å². The first-order valence-electron chi connectivity index (χ1n) is 5.55. The quantitative estimate of drug-likeness (QED) is 0.683. The summed E-state index contributed by atoms with van der Waals surface area (Å²) < 4.78 is 5.25. The SMILES string of the molecule is CC(C)[C@](C)(O)C#CCN1CCOCC1. The van der Waals surface area contributed by atoms with E-state index in [0.29, 0.717) is 0 Å². The zero-order valence-electron chi connectivity index (χ0n) is 9.92. The molecule has 0 aromatic heterocycles. The fraction of sp³-hybridized carbons (Fsp3) is 0.833. The minimum Gasteiger partial charge on any atom is -0.379 e. The van der Waals surface area contributed by atoms with Gasteiger partial charge in [0, 0.05) is 13.1 Å². The highest BCUT2D eigenvalue weighted by molar-refractivity contribution is 5.14. The first kappa shape index (κ1) is 12.5. The van der Waals surface area contributed by atoms with Crippen LogP contribution < -0.4 is 0 Å². The normalized spacial score (nSPS) is 21.9. The Kier molecular flexibility index (Phi) is 4.59. The summed E-state index contributed by atoms with van der Waals surface area (Å²) in [5.41, 5.74) is -0.869. The number of ether oxygens (including phenoxy) is 1. The molecule has 0 unspecified atom stereocenters. The van der Waals surface area contributed by atoms with Gasteiger partial charge in [0.05, 0.1) is 19.8 Å². The topological polar surface area (TPSA) is 32.7 Å². The molecular formula is C12H21NO2. The van der Waals surface area contributed by atoms with E-state index >= 15 is 0 Å². The predicted octanol–water partition coefficient (Wildman–Crippen LogP) is 0.729. The molecule has 1 N–H and O–H groups in total. The van der Waals surface area contributed by atoms with E-state index in [2.05, 4.69) is 16.7 Å². The van der Waals surface area contributed by atoms with Crippen molar-refractivity contribution in [3.63, 3.8) is 0 Å². The van der Waals surface area contributed by atoms with Crippen molar-refractivity contribution in [3.8, 4) is 11.8 Å². The summed E-state index contributed by atoms with van der Waals surface area (Å²) in [6, 6.07) is 0. The summed E-state index contributed by atoms with van der Waals surface area (Å²) in [6.07, 6.45) is 0. The Morgan fingerprint density at radius 3 is 2.53 bits per heavy atom. The lowest BCUT2D eigenvalue weighted by Crippen LogP contribution is -2.36. The third kappa shape index (κ3) is 4.21. The van der Waals surface area contributed by atoms with Crippen LogP contribution >= 0.6 is 0 Å². The van der Waals surface area contributed by atoms with Crippen molar-refractivity contribution >= 4 is 0 Å². The van der Waals surface area contributed by atoms with Crippen molar-refractivity contribution in [2.24, 2.45) is 5.92 Å². The number of rotatable bonds is 2. The molecule has 1 heterocycles. The maximum absolute atomic E-state index is 9.90. The number of nitrogens with zero attached hydrogens (tertiary/aromatic N) is 1. The molecule has 1 aliphatic heterocycles. The molecule has 1 rings (SSSR count). The van der Waals surface area contributed by atoms with E-state index in [4.69, 9.17) is 4.74 Å². The van der Waals surface area contributed by atoms with Gasteiger partial charge in [0.2, 0.25) is 0 Å². The first-order chi connectivity index (χ1) is 7.02. The zero-order chi connectivity index (χ0) is 11.3. The third-order valence-corrected chi connectivity index (χ3v) is 2.87. The average molecular weight is 211 g/mol. The van der Waals surface area contributed by atoms with Crippen molar-refractivity contribution < 1.29 is 9.84 Å². The fourth-order valence-corrected chi connectivity index (χ4v) is 1.23. The minimum absolute atomic E-state index is 0.162. The summed E-state index contributed by atoms with van der Waals surface area (Å²) in [7, 11) is 0. The molecule has 0 saturated carbocycles. The van der Waals surface area contributed by atoms with Crippen molar-refractivity contribution in [3.05, 3.63) is 0 Å². The summed E-state index contributed by atoms with van der Waals surface area (Å²) in [5.74, 6) is 6.14. The van der Waals surface area contributed by atoms with E-state index in [0.717, 1.165) is 32.8 Å². The average Bonchev–Trinajstić information content (AvgIpc) is 2.19. The van der Waals surface area contributed by atoms with Crippen LogP contribution in [-0.2, 0) is 4.74 Å². The minimum atomic E-state index is -0.869. The summed E-state index contributed by atoms with van der Waals surface area (Å²) in [5, 5.41) is 9.90. The highest BCUT2D eigenvalue weighted by Crippen LogP contribution is 2.13. The molecule has 1 saturated heterocycles. The van der Waals surface area contributed by atoms with Gasteiger partial charge in [0.25, 0.3) is 0 Å². The Morgan fingerprint density at radius 1 is 1.40 bits per heavy atom. The third-order valence-electron chi connectivity index (χ3n) is 2.87. The zero-order valence-corrected chi connectivity index (χ0v) is 9.92. The molecule has 86 valence electrons. The molecule has 1 fully saturated rings. The Morgan fingerprint density at radius 2 is 2.00 bits per heavy atom. The molecule has 3 heteroatoms. The smallest absolute Gasteiger partial charge is 0.125 e. The van der Waals surface area contributed by atoms with E-state index in [1.54, 1.807) is 6.92 Å². The molecule has 0 spiro atoms. The number of aliphatic hydroxyl groups is 1. The summed E-state index contributed by atoms with van der Waals surface area (Å²) in [4.78, 5) is 2.24. The van der Waals surface area contributed by atoms with Crippen LogP contribution in [-0.4, -0.2) is 48.5 Å². The molecule has 0 amide bonds. The molecule has 1 atom stereocenters. The van der Waals surface area contributed by atoms with Gasteiger partial charge in [-0.3, -0.25) is 4.90 Å². The molecule has 0 aliphatic carbocycles. The van der Waals surface area contributed by atoms with Crippen LogP contribution in [0.1, 0.15) is 20.8 Å². The van der Waals surface area contributed by atoms with Gasteiger partial charge in [0.15, 0.2) is 0 Å². The Labute approximate surface area is 92.4 Å². The summed E-state index contributed by atoms with van der Waals surface area (Å²) >= 11 is 0. The molecule has 0 bridgehead atoms. The van der Waals surface area contributed by atoms with Gasteiger partial charge in [-0.2, -0.15) is 0 Å². The van der Waals surface area contributed by atoms with E-state index in [-0.39, 0.29) is 5.92 Å². The molecule has 1 aliphatic rings. The lowest BCUT2D eigenvalue weighted by atomic mass is 9.93. The van der Waals surface area contributed by atoms with Crippen LogP contribution in [0.25, 0.3) is 0 Å². The standard InChI is InChI=1S/C12H21NO2/c1-11(2)12(3,14)5-4-6-13-7-9-15-10-8-13/h11,14H,6-10H2,1-3H3/t12-/m1/s1. The first-order valence-corrected chi connectivity index (χ1v) is 5.55. The Balaban J connectivity index is 2.37. The largest absolute Gasteiger partial charge is 0.379 e. The molecule has 3 nitrogen and oxygen atoms in total. The van der Waals surface area contributed by atoms with Crippen LogP contribution in [0.5, 0.6) is 0 Å². The second kappa shape index (κ2) is 5.50. The van der Waals surface area contributed by atoms with Gasteiger partial charge < -0.3 is 9.84 Å². The van der Waals surface area contributed by atoms with E-state index in [9.17, 15) is 5.11 Å². The monoisotopic (exact) mass is 211 g/mol. The summed E-state index contributed by atoms with van der Waals surface area (Å²) in [6.45, 7) is 9.92. The van der Waals surface area contributed by atoms with Crippen LogP contribution in [0.3, 0.4) is 0 Å². The maximum Gasteiger partial charge on any atom is 0.125 e. The highest BCUT2D eigenvalue weighted by atomic mass is 16.5. The van der Waals surface area contributed by atoms with E-state index < -0.39 is 5.60 Å². The molecule has 0 radical (unpaired) electrons. The van der Waals surface area contributed by atoms with Gasteiger partial charge in [-0.05, 0) is 12.8 Å². The van der Waals surface area contributed by atoms with Gasteiger partial charge in [-0.1, -0.05) is 25.7 Å². The lowest BCUT2D eigenvalue weighted by molar-refractivity contribution is 0.0440. The Hall–Kier alpha value is -0.560. The van der Waals surface area contributed by atoms with Gasteiger partial charge in [-0.25, -0.2) is 0 Å². The fourth-order valence-electron chi connectivity index (χ4n) is 1.23. The van der Waals surface area contributed by atoms with E-state index in [1.165, 1.54) is 0 Å². The van der Waals surface area contributed by atoms with Crippen LogP contribution in [0.15, 0.2) is 0 Å². The Bertz CT molecular complexity index is 244. The van der Waals surface area contributed by atoms with Crippen molar-refractivity contribution in [2.75, 3.05) is 32.8 Å². The highest BCUT2D eigenvalue weighted by Gasteiger charge is 2.21. The van der Waals surface area contributed by atoms with Crippen molar-refractivity contribution in [1.29, 1.82) is 0 Å². The van der Waals surface area contributed by atoms with Crippen molar-refractivity contribution in [1.82, 2.24) is 4.90 Å². The number of hydrogen-bond donors (Lipinski definition) is 1. The lowest BCUT2D eigenvalue weighted by Gasteiger charge is -2.25. The maximum atomic E-state index is 9.90. The molecular weight excluding hydrogens is 190 g/mol. The second-order valence-corrected chi connectivity index (χ2v) is 4.49. The number of morpholine rings is 1. The van der Waals surface area contributed by atoms with Crippen LogP contribution in [0, 0.1) is 17.8 Å².